The highest BCUT2D eigenvalue weighted by Gasteiger charge is 2.57. The van der Waals surface area contributed by atoms with Gasteiger partial charge in [0.2, 0.25) is 0 Å². The first-order valence-electron chi connectivity index (χ1n) is 10.4. The maximum Gasteiger partial charge on any atom is 0.737 e. The molecule has 0 unspecified atom stereocenters. The van der Waals surface area contributed by atoms with Gasteiger partial charge >= 0.3 is 6.97 Å². The maximum atomic E-state index is 16.1. The van der Waals surface area contributed by atoms with Crippen molar-refractivity contribution in [1.29, 1.82) is 0 Å². The van der Waals surface area contributed by atoms with E-state index in [-0.39, 0.29) is 27.6 Å². The van der Waals surface area contributed by atoms with E-state index in [0.717, 1.165) is 32.2 Å². The number of halogens is 5. The third kappa shape index (κ3) is 2.75. The Morgan fingerprint density at radius 3 is 2.23 bits per heavy atom. The van der Waals surface area contributed by atoms with Crippen LogP contribution in [0.15, 0.2) is 29.0 Å². The molecule has 0 saturated carbocycles. The van der Waals surface area contributed by atoms with Gasteiger partial charge in [-0.2, -0.15) is 0 Å². The normalized spacial score (nSPS) is 17.6. The minimum atomic E-state index is -4.21. The minimum Gasteiger partial charge on any atom is -0.393 e. The summed E-state index contributed by atoms with van der Waals surface area (Å²) in [7, 11) is 0. The van der Waals surface area contributed by atoms with Crippen LogP contribution in [0.5, 0.6) is 0 Å². The van der Waals surface area contributed by atoms with Gasteiger partial charge in [-0.25, -0.2) is 8.78 Å². The van der Waals surface area contributed by atoms with Crippen LogP contribution in [0, 0.1) is 25.5 Å². The summed E-state index contributed by atoms with van der Waals surface area (Å²) in [5.74, 6) is -1.68. The van der Waals surface area contributed by atoms with Crippen LogP contribution >= 0.6 is 11.6 Å². The van der Waals surface area contributed by atoms with E-state index in [4.69, 9.17) is 11.6 Å². The van der Waals surface area contributed by atoms with Crippen molar-refractivity contribution in [3.63, 3.8) is 0 Å². The minimum absolute atomic E-state index is 0.0524. The third-order valence-electron chi connectivity index (χ3n) is 6.75. The van der Waals surface area contributed by atoms with Crippen molar-refractivity contribution in [2.75, 3.05) is 0 Å². The van der Waals surface area contributed by atoms with E-state index in [1.54, 1.807) is 27.7 Å². The molecular weight excluding hydrogens is 427 g/mol. The van der Waals surface area contributed by atoms with Gasteiger partial charge in [-0.15, -0.1) is 0 Å². The quantitative estimate of drug-likeness (QED) is 0.358. The van der Waals surface area contributed by atoms with E-state index in [9.17, 15) is 4.39 Å². The fraction of sp³-hybridized carbons (Fsp3) is 0.348. The molecule has 3 heterocycles. The topological polar surface area (TPSA) is 7.94 Å². The molecular formula is C23H24BClF4N2. The number of rotatable bonds is 3. The first kappa shape index (κ1) is 21.9. The summed E-state index contributed by atoms with van der Waals surface area (Å²) >= 11 is 6.34. The Morgan fingerprint density at radius 1 is 1.03 bits per heavy atom. The summed E-state index contributed by atoms with van der Waals surface area (Å²) in [5.41, 5.74) is 4.56. The van der Waals surface area contributed by atoms with Gasteiger partial charge in [0, 0.05) is 35.4 Å². The first-order chi connectivity index (χ1) is 14.5. The molecule has 1 aromatic carbocycles. The Kier molecular flexibility index (Phi) is 5.04. The van der Waals surface area contributed by atoms with Gasteiger partial charge in [0.25, 0.3) is 0 Å². The van der Waals surface area contributed by atoms with E-state index >= 15 is 13.0 Å². The van der Waals surface area contributed by atoms with Crippen molar-refractivity contribution >= 4 is 29.9 Å². The molecule has 4 rings (SSSR count). The van der Waals surface area contributed by atoms with Gasteiger partial charge in [0.15, 0.2) is 5.70 Å². The zero-order valence-electron chi connectivity index (χ0n) is 18.4. The highest BCUT2D eigenvalue weighted by atomic mass is 35.5. The summed E-state index contributed by atoms with van der Waals surface area (Å²) in [6.07, 6.45) is 1.12. The van der Waals surface area contributed by atoms with Crippen LogP contribution in [-0.4, -0.2) is 21.6 Å². The lowest BCUT2D eigenvalue weighted by Crippen LogP contribution is -2.51. The van der Waals surface area contributed by atoms with Crippen LogP contribution in [0.25, 0.3) is 5.57 Å². The van der Waals surface area contributed by atoms with Gasteiger partial charge < -0.3 is 17.6 Å². The van der Waals surface area contributed by atoms with Crippen molar-refractivity contribution in [3.05, 3.63) is 73.7 Å². The molecule has 0 spiro atoms. The zero-order valence-corrected chi connectivity index (χ0v) is 19.2. The molecule has 2 aromatic rings. The second kappa shape index (κ2) is 7.12. The van der Waals surface area contributed by atoms with E-state index in [1.807, 2.05) is 13.8 Å². The summed E-state index contributed by atoms with van der Waals surface area (Å²) in [5, 5.41) is -0.143. The molecule has 164 valence electrons. The van der Waals surface area contributed by atoms with Crippen LogP contribution in [0.2, 0.25) is 5.02 Å². The molecule has 0 atom stereocenters. The van der Waals surface area contributed by atoms with E-state index in [0.29, 0.717) is 35.4 Å². The lowest BCUT2D eigenvalue weighted by atomic mass is 9.83. The average Bonchev–Trinajstić information content (AvgIpc) is 3.08. The van der Waals surface area contributed by atoms with Crippen LogP contribution in [0.3, 0.4) is 0 Å². The predicted octanol–water partition coefficient (Wildman–Crippen LogP) is 6.81. The molecule has 0 fully saturated rings. The molecule has 2 nitrogen and oxygen atoms in total. The number of nitrogens with zero attached hydrogens (tertiary/aromatic N) is 2. The standard InChI is InChI=1S/C23H24BClF4N2/c1-7-16-11(3)22-21(20-18(25)9-15(26)10-19(20)27)23-12(4)17(8-2)14(6)31(23)24(28,29)30(22)13(16)5/h9-10H,7-8H2,1-6H3. The molecule has 0 aliphatic carbocycles. The van der Waals surface area contributed by atoms with Crippen LogP contribution < -0.4 is 0 Å². The Balaban J connectivity index is 2.29. The molecule has 8 heteroatoms. The van der Waals surface area contributed by atoms with Crippen molar-refractivity contribution in [2.24, 2.45) is 0 Å². The van der Waals surface area contributed by atoms with Crippen molar-refractivity contribution < 1.29 is 21.9 Å². The van der Waals surface area contributed by atoms with E-state index in [1.165, 1.54) is 0 Å². The summed E-state index contributed by atoms with van der Waals surface area (Å²) in [4.78, 5) is 0. The molecule has 0 saturated heterocycles. The number of benzene rings is 1. The Labute approximate surface area is 184 Å². The zero-order chi connectivity index (χ0) is 23.0. The van der Waals surface area contributed by atoms with Crippen LogP contribution in [0.4, 0.5) is 17.4 Å². The van der Waals surface area contributed by atoms with Crippen LogP contribution in [-0.2, 0) is 6.42 Å². The lowest BCUT2D eigenvalue weighted by Gasteiger charge is -2.34. The molecule has 2 aliphatic rings. The summed E-state index contributed by atoms with van der Waals surface area (Å²) in [6.45, 7) is 6.50. The monoisotopic (exact) mass is 450 g/mol. The van der Waals surface area contributed by atoms with Gasteiger partial charge in [-0.3, -0.25) is 0 Å². The molecule has 0 bridgehead atoms. The van der Waals surface area contributed by atoms with Gasteiger partial charge in [0.05, 0.1) is 10.6 Å². The third-order valence-corrected chi connectivity index (χ3v) is 7.05. The predicted molar refractivity (Wildman–Crippen MR) is 118 cm³/mol. The summed E-state index contributed by atoms with van der Waals surface area (Å²) in [6, 6.07) is 1.77. The smallest absolute Gasteiger partial charge is 0.393 e. The van der Waals surface area contributed by atoms with Gasteiger partial charge in [-0.1, -0.05) is 25.4 Å². The van der Waals surface area contributed by atoms with E-state index in [2.05, 4.69) is 0 Å². The van der Waals surface area contributed by atoms with Crippen molar-refractivity contribution in [1.82, 2.24) is 4.48 Å². The lowest BCUT2D eigenvalue weighted by molar-refractivity contribution is -0.363. The number of fused-ring (bicyclic) bond motifs is 2. The Bertz CT molecular complexity index is 1230. The van der Waals surface area contributed by atoms with Gasteiger partial charge in [-0.05, 0) is 56.5 Å². The fourth-order valence-electron chi connectivity index (χ4n) is 5.50. The molecule has 0 radical (unpaired) electrons. The first-order valence-corrected chi connectivity index (χ1v) is 10.8. The molecule has 31 heavy (non-hydrogen) atoms. The molecule has 2 aliphatic heterocycles. The van der Waals surface area contributed by atoms with E-state index < -0.39 is 18.6 Å². The fourth-order valence-corrected chi connectivity index (χ4v) is 5.79. The SMILES string of the molecule is CCC1=C(C)C2=C(c3c(F)cc(F)cc3Cl)c3c(C)c(CC)c(C)n3[B-](F)(F)[N+]2=C1C. The second-order valence-corrected chi connectivity index (χ2v) is 8.64. The molecule has 1 aromatic heterocycles. The molecule has 0 N–H and O–H groups in total. The Hall–Kier alpha value is -2.28. The number of aromatic nitrogens is 1. The van der Waals surface area contributed by atoms with Crippen molar-refractivity contribution in [3.8, 4) is 0 Å². The number of hydrogen-bond donors (Lipinski definition) is 0. The Morgan fingerprint density at radius 2 is 1.68 bits per heavy atom. The summed E-state index contributed by atoms with van der Waals surface area (Å²) < 4.78 is 63.3. The van der Waals surface area contributed by atoms with Gasteiger partial charge in [0.1, 0.15) is 17.3 Å². The number of hydrogen-bond acceptors (Lipinski definition) is 0. The largest absolute Gasteiger partial charge is 0.737 e. The average molecular weight is 451 g/mol. The van der Waals surface area contributed by atoms with Crippen molar-refractivity contribution in [2.45, 2.75) is 54.4 Å². The number of allylic oxidation sites excluding steroid dienone is 2. The van der Waals surface area contributed by atoms with Crippen LogP contribution in [0.1, 0.15) is 62.2 Å². The highest BCUT2D eigenvalue weighted by molar-refractivity contribution is 6.58. The highest BCUT2D eigenvalue weighted by Crippen LogP contribution is 2.48. The molecule has 0 amide bonds. The second-order valence-electron chi connectivity index (χ2n) is 8.23. The maximum absolute atomic E-state index is 16.1.